The zero-order valence-corrected chi connectivity index (χ0v) is 42.3. The van der Waals surface area contributed by atoms with Crippen molar-refractivity contribution in [2.75, 3.05) is 13.2 Å². The minimum absolute atomic E-state index is 0.0310. The van der Waals surface area contributed by atoms with Crippen LogP contribution in [0.25, 0.3) is 0 Å². The van der Waals surface area contributed by atoms with Crippen molar-refractivity contribution in [3.63, 3.8) is 0 Å². The summed E-state index contributed by atoms with van der Waals surface area (Å²) < 4.78 is 61.9. The minimum atomic E-state index is -1.87. The summed E-state index contributed by atoms with van der Waals surface area (Å²) >= 11 is 0. The van der Waals surface area contributed by atoms with Crippen LogP contribution < -0.4 is 0 Å². The van der Waals surface area contributed by atoms with E-state index in [1.807, 2.05) is 0 Å². The highest BCUT2D eigenvalue weighted by atomic mass is 16.8. The maximum absolute atomic E-state index is 14.8. The maximum atomic E-state index is 14.8. The van der Waals surface area contributed by atoms with E-state index < -0.39 is 147 Å². The number of fused-ring (bicyclic) bond motifs is 7. The van der Waals surface area contributed by atoms with Gasteiger partial charge in [0.2, 0.25) is 0 Å². The molecule has 0 bridgehead atoms. The Labute approximate surface area is 419 Å². The van der Waals surface area contributed by atoms with Crippen LogP contribution in [0, 0.1) is 46.3 Å². The number of carbonyl (C=O) groups excluding carboxylic acids is 1. The number of Topliss-reactive ketones (excluding diaryl/α,β-unsaturated/α-hetero) is 1. The Kier molecular flexibility index (Phi) is 15.1. The number of aliphatic hydroxyl groups excluding tert-OH is 10. The summed E-state index contributed by atoms with van der Waals surface area (Å²) in [7, 11) is 0. The van der Waals surface area contributed by atoms with Crippen molar-refractivity contribution in [2.24, 2.45) is 46.3 Å². The second-order valence-corrected chi connectivity index (χ2v) is 23.7. The molecule has 410 valence electrons. The quantitative estimate of drug-likeness (QED) is 0.127. The van der Waals surface area contributed by atoms with E-state index in [0.717, 1.165) is 25.7 Å². The standard InChI is InChI=1S/C51H80O21/c1-19-10-13-51(63-18-19)20(2)32-29(72-51)15-28-26-9-8-24-14-25(11-12-49(24,6)27(26)16-31(53)50(28,32)7)67-48-44(71-46-39(60)36(57)34(55)22(4)65-46)41(62)43(30(17-52)68-48)70-47-40(61)37(58)42(23(5)66-47)69-45-38(59)35(56)33(54)21(3)64-45/h8,19-23,25-30,32-48,52,54-62H,9-18H2,1-7H3. The second-order valence-electron chi connectivity index (χ2n) is 23.7. The largest absolute Gasteiger partial charge is 0.394 e. The van der Waals surface area contributed by atoms with Crippen molar-refractivity contribution in [1.29, 1.82) is 0 Å². The number of hydrogen-bond acceptors (Lipinski definition) is 21. The molecule has 3 saturated carbocycles. The van der Waals surface area contributed by atoms with E-state index in [2.05, 4.69) is 33.8 Å². The van der Waals surface area contributed by atoms with Crippen LogP contribution in [0.15, 0.2) is 11.6 Å². The molecule has 72 heavy (non-hydrogen) atoms. The fraction of sp³-hybridized carbons (Fsp3) is 0.941. The average molecular weight is 1030 g/mol. The molecule has 10 rings (SSSR count). The third kappa shape index (κ3) is 8.82. The van der Waals surface area contributed by atoms with E-state index in [-0.39, 0.29) is 35.2 Å². The van der Waals surface area contributed by atoms with Gasteiger partial charge in [-0.15, -0.1) is 0 Å². The highest BCUT2D eigenvalue weighted by Crippen LogP contribution is 2.70. The highest BCUT2D eigenvalue weighted by molar-refractivity contribution is 5.87. The summed E-state index contributed by atoms with van der Waals surface area (Å²) in [6.45, 7) is 13.2. The van der Waals surface area contributed by atoms with Crippen LogP contribution in [0.1, 0.15) is 99.8 Å². The van der Waals surface area contributed by atoms with Crippen molar-refractivity contribution in [1.82, 2.24) is 0 Å². The minimum Gasteiger partial charge on any atom is -0.394 e. The van der Waals surface area contributed by atoms with Crippen LogP contribution in [-0.4, -0.2) is 211 Å². The van der Waals surface area contributed by atoms with E-state index >= 15 is 0 Å². The van der Waals surface area contributed by atoms with E-state index in [9.17, 15) is 55.9 Å². The van der Waals surface area contributed by atoms with Crippen LogP contribution in [-0.2, 0) is 52.2 Å². The Morgan fingerprint density at radius 3 is 1.83 bits per heavy atom. The number of hydrogen-bond donors (Lipinski definition) is 10. The van der Waals surface area contributed by atoms with Crippen LogP contribution >= 0.6 is 0 Å². The molecule has 21 nitrogen and oxygen atoms in total. The lowest BCUT2D eigenvalue weighted by Crippen LogP contribution is -2.67. The van der Waals surface area contributed by atoms with Crippen molar-refractivity contribution >= 4 is 5.78 Å². The normalized spacial score (nSPS) is 57.8. The molecule has 10 aliphatic rings. The predicted molar refractivity (Wildman–Crippen MR) is 244 cm³/mol. The van der Waals surface area contributed by atoms with Gasteiger partial charge in [-0.3, -0.25) is 4.79 Å². The molecule has 9 fully saturated rings. The number of rotatable bonds is 9. The molecule has 0 aromatic carbocycles. The number of allylic oxidation sites excluding steroid dienone is 1. The number of carbonyl (C=O) groups is 1. The molecule has 10 N–H and O–H groups in total. The van der Waals surface area contributed by atoms with Crippen molar-refractivity contribution in [2.45, 2.75) is 241 Å². The van der Waals surface area contributed by atoms with Gasteiger partial charge in [0.05, 0.1) is 43.7 Å². The van der Waals surface area contributed by atoms with Gasteiger partial charge >= 0.3 is 0 Å². The molecule has 0 aromatic heterocycles. The Hall–Kier alpha value is -1.39. The summed E-state index contributed by atoms with van der Waals surface area (Å²) in [5.74, 6) is 0.942. The molecule has 0 amide bonds. The molecule has 0 radical (unpaired) electrons. The van der Waals surface area contributed by atoms with E-state index in [1.165, 1.54) is 26.3 Å². The Bertz CT molecular complexity index is 1970. The molecule has 6 heterocycles. The summed E-state index contributed by atoms with van der Waals surface area (Å²) in [4.78, 5) is 14.8. The molecule has 6 saturated heterocycles. The third-order valence-corrected chi connectivity index (χ3v) is 19.6. The number of ketones is 1. The molecule has 21 heteroatoms. The molecule has 31 atom stereocenters. The first-order valence-corrected chi connectivity index (χ1v) is 26.5. The Morgan fingerprint density at radius 2 is 1.22 bits per heavy atom. The molecule has 4 aliphatic carbocycles. The van der Waals surface area contributed by atoms with Gasteiger partial charge in [-0.1, -0.05) is 39.3 Å². The van der Waals surface area contributed by atoms with Crippen LogP contribution in [0.3, 0.4) is 0 Å². The van der Waals surface area contributed by atoms with Crippen LogP contribution in [0.5, 0.6) is 0 Å². The van der Waals surface area contributed by atoms with Gasteiger partial charge in [0.25, 0.3) is 0 Å². The summed E-state index contributed by atoms with van der Waals surface area (Å²) in [5.41, 5.74) is 0.360. The van der Waals surface area contributed by atoms with Crippen LogP contribution in [0.2, 0.25) is 0 Å². The lowest BCUT2D eigenvalue weighted by Gasteiger charge is -2.58. The van der Waals surface area contributed by atoms with Gasteiger partial charge in [0.1, 0.15) is 85.1 Å². The molecule has 6 aliphatic heterocycles. The van der Waals surface area contributed by atoms with Crippen molar-refractivity contribution in [3.8, 4) is 0 Å². The fourth-order valence-electron chi connectivity index (χ4n) is 15.1. The first-order valence-electron chi connectivity index (χ1n) is 26.5. The fourth-order valence-corrected chi connectivity index (χ4v) is 15.1. The SMILES string of the molecule is CC1CCC2(OC1)OC1CC3C4CC=C5CC(OC6OC(CO)C(OC7OC(C)C(OC8OC(C)C(O)C(O)C8O)C(O)C7O)C(O)C6OC6OC(C)C(O)C(O)C6O)CCC5(C)C4CC(=O)C3(C)C1C2C. The smallest absolute Gasteiger partial charge is 0.187 e. The third-order valence-electron chi connectivity index (χ3n) is 19.6. The molecular formula is C51H80O21. The Morgan fingerprint density at radius 1 is 0.625 bits per heavy atom. The molecular weight excluding hydrogens is 949 g/mol. The molecule has 1 spiro atoms. The van der Waals surface area contributed by atoms with Crippen LogP contribution in [0.4, 0.5) is 0 Å². The zero-order valence-electron chi connectivity index (χ0n) is 42.3. The maximum Gasteiger partial charge on any atom is 0.187 e. The number of aliphatic hydroxyl groups is 10. The monoisotopic (exact) mass is 1030 g/mol. The van der Waals surface area contributed by atoms with Crippen molar-refractivity contribution in [3.05, 3.63) is 11.6 Å². The van der Waals surface area contributed by atoms with Crippen molar-refractivity contribution < 1.29 is 103 Å². The average Bonchev–Trinajstić information content (AvgIpc) is 3.80. The predicted octanol–water partition coefficient (Wildman–Crippen LogP) is -0.727. The molecule has 0 aromatic rings. The summed E-state index contributed by atoms with van der Waals surface area (Å²) in [5, 5.41) is 109. The molecule has 31 unspecified atom stereocenters. The summed E-state index contributed by atoms with van der Waals surface area (Å²) in [6, 6.07) is 0. The topological polar surface area (TPSA) is 312 Å². The Balaban J connectivity index is 0.845. The van der Waals surface area contributed by atoms with Gasteiger partial charge in [-0.25, -0.2) is 0 Å². The first kappa shape index (κ1) is 54.0. The first-order chi connectivity index (χ1) is 34.0. The summed E-state index contributed by atoms with van der Waals surface area (Å²) in [6.07, 6.45) is -22.7. The highest BCUT2D eigenvalue weighted by Gasteiger charge is 2.71. The zero-order chi connectivity index (χ0) is 51.7. The van der Waals surface area contributed by atoms with E-state index in [1.54, 1.807) is 0 Å². The second kappa shape index (κ2) is 20.1. The van der Waals surface area contributed by atoms with E-state index in [4.69, 9.17) is 47.4 Å². The van der Waals surface area contributed by atoms with Gasteiger partial charge < -0.3 is 98.4 Å². The van der Waals surface area contributed by atoms with Gasteiger partial charge in [0, 0.05) is 30.1 Å². The number of ether oxygens (including phenoxy) is 10. The van der Waals surface area contributed by atoms with Gasteiger partial charge in [0.15, 0.2) is 30.9 Å². The lowest BCUT2D eigenvalue weighted by molar-refractivity contribution is -0.394. The lowest BCUT2D eigenvalue weighted by atomic mass is 9.46. The van der Waals surface area contributed by atoms with Gasteiger partial charge in [-0.2, -0.15) is 0 Å². The van der Waals surface area contributed by atoms with Gasteiger partial charge in [-0.05, 0) is 88.4 Å². The van der Waals surface area contributed by atoms with E-state index in [0.29, 0.717) is 49.9 Å².